The first-order chi connectivity index (χ1) is 36.7. The van der Waals surface area contributed by atoms with E-state index in [4.69, 9.17) is 9.97 Å². The molecule has 0 aliphatic heterocycles. The number of para-hydroxylation sites is 4. The standard InChI is InChI=1S/C70H46N4/c1-2-17-47(18-3-1)50-19-12-20-51(41-50)48-37-39-49(40-38-48)64-46-65(56-25-13-21-52(42-56)54-23-15-27-58(44-54)73-66-33-8-4-29-60(66)61-30-5-9-34-67(61)73)72-70(71-64)57-26-14-22-53(43-57)55-24-16-28-59(45-55)74-68-35-10-6-31-62(68)63-32-7-11-36-69(63)74/h1-46H. The van der Waals surface area contributed by atoms with Crippen LogP contribution in [0.3, 0.4) is 0 Å². The highest BCUT2D eigenvalue weighted by molar-refractivity contribution is 6.10. The molecule has 0 N–H and O–H groups in total. The Morgan fingerprint density at radius 2 is 0.514 bits per heavy atom. The zero-order chi connectivity index (χ0) is 49.0. The molecule has 0 spiro atoms. The van der Waals surface area contributed by atoms with Gasteiger partial charge in [0.15, 0.2) is 5.82 Å². The van der Waals surface area contributed by atoms with Crippen LogP contribution in [-0.4, -0.2) is 19.1 Å². The molecule has 3 heterocycles. The summed E-state index contributed by atoms with van der Waals surface area (Å²) in [6.07, 6.45) is 0. The van der Waals surface area contributed by atoms with Gasteiger partial charge in [-0.15, -0.1) is 0 Å². The van der Waals surface area contributed by atoms with Gasteiger partial charge in [-0.2, -0.15) is 0 Å². The topological polar surface area (TPSA) is 35.6 Å². The van der Waals surface area contributed by atoms with Crippen LogP contribution >= 0.6 is 0 Å². The fraction of sp³-hybridized carbons (Fsp3) is 0. The Morgan fingerprint density at radius 1 is 0.203 bits per heavy atom. The number of nitrogens with zero attached hydrogens (tertiary/aromatic N) is 4. The lowest BCUT2D eigenvalue weighted by Gasteiger charge is -2.13. The Hall–Kier alpha value is -9.90. The summed E-state index contributed by atoms with van der Waals surface area (Å²) in [4.78, 5) is 10.8. The predicted octanol–water partition coefficient (Wildman–Crippen LogP) is 18.3. The van der Waals surface area contributed by atoms with Crippen LogP contribution in [0, 0.1) is 0 Å². The van der Waals surface area contributed by atoms with E-state index in [2.05, 4.69) is 288 Å². The summed E-state index contributed by atoms with van der Waals surface area (Å²) in [5.41, 5.74) is 20.8. The molecular weight excluding hydrogens is 897 g/mol. The molecule has 0 saturated carbocycles. The van der Waals surface area contributed by atoms with Crippen molar-refractivity contribution in [3.63, 3.8) is 0 Å². The Morgan fingerprint density at radius 3 is 1.00 bits per heavy atom. The lowest BCUT2D eigenvalue weighted by molar-refractivity contribution is 1.18. The lowest BCUT2D eigenvalue weighted by atomic mass is 9.97. The highest BCUT2D eigenvalue weighted by Crippen LogP contribution is 2.38. The predicted molar refractivity (Wildman–Crippen MR) is 309 cm³/mol. The molecule has 14 aromatic rings. The van der Waals surface area contributed by atoms with Crippen molar-refractivity contribution in [3.05, 3.63) is 279 Å². The molecule has 74 heavy (non-hydrogen) atoms. The average Bonchev–Trinajstić information content (AvgIpc) is 4.02. The monoisotopic (exact) mass is 942 g/mol. The van der Waals surface area contributed by atoms with Gasteiger partial charge in [0.1, 0.15) is 0 Å². The normalized spacial score (nSPS) is 11.5. The van der Waals surface area contributed by atoms with Gasteiger partial charge >= 0.3 is 0 Å². The summed E-state index contributed by atoms with van der Waals surface area (Å²) < 4.78 is 4.75. The van der Waals surface area contributed by atoms with Crippen LogP contribution in [0.1, 0.15) is 0 Å². The van der Waals surface area contributed by atoms with Crippen LogP contribution in [-0.2, 0) is 0 Å². The minimum Gasteiger partial charge on any atom is -0.309 e. The fourth-order valence-corrected chi connectivity index (χ4v) is 11.0. The number of hydrogen-bond acceptors (Lipinski definition) is 2. The minimum absolute atomic E-state index is 0.663. The van der Waals surface area contributed by atoms with E-state index in [-0.39, 0.29) is 0 Å². The minimum atomic E-state index is 0.663. The molecule has 0 amide bonds. The summed E-state index contributed by atoms with van der Waals surface area (Å²) in [6, 6.07) is 100. The molecule has 0 aliphatic carbocycles. The van der Waals surface area contributed by atoms with E-state index in [0.717, 1.165) is 67.3 Å². The highest BCUT2D eigenvalue weighted by atomic mass is 15.0. The Balaban J connectivity index is 0.866. The van der Waals surface area contributed by atoms with Crippen molar-refractivity contribution in [1.29, 1.82) is 0 Å². The zero-order valence-electron chi connectivity index (χ0n) is 40.3. The molecule has 0 aliphatic rings. The molecule has 14 rings (SSSR count). The number of benzene rings is 11. The van der Waals surface area contributed by atoms with Crippen molar-refractivity contribution in [3.8, 4) is 89.8 Å². The van der Waals surface area contributed by atoms with Gasteiger partial charge in [-0.3, -0.25) is 0 Å². The van der Waals surface area contributed by atoms with Gasteiger partial charge in [-0.25, -0.2) is 9.97 Å². The lowest BCUT2D eigenvalue weighted by Crippen LogP contribution is -1.97. The quantitative estimate of drug-likeness (QED) is 0.145. The third-order valence-corrected chi connectivity index (χ3v) is 14.5. The van der Waals surface area contributed by atoms with Crippen molar-refractivity contribution in [1.82, 2.24) is 19.1 Å². The molecular formula is C70H46N4. The molecule has 0 fully saturated rings. The van der Waals surface area contributed by atoms with Gasteiger partial charge in [0.05, 0.1) is 33.5 Å². The van der Waals surface area contributed by atoms with Gasteiger partial charge in [-0.1, -0.05) is 206 Å². The molecule has 3 aromatic heterocycles. The second-order valence-electron chi connectivity index (χ2n) is 19.0. The summed E-state index contributed by atoms with van der Waals surface area (Å²) in [5.74, 6) is 0.663. The number of fused-ring (bicyclic) bond motifs is 6. The molecule has 11 aromatic carbocycles. The van der Waals surface area contributed by atoms with Gasteiger partial charge in [0, 0.05) is 49.6 Å². The molecule has 0 bridgehead atoms. The van der Waals surface area contributed by atoms with Crippen LogP contribution in [0.4, 0.5) is 0 Å². The molecule has 0 atom stereocenters. The average molecular weight is 943 g/mol. The third kappa shape index (κ3) is 7.65. The van der Waals surface area contributed by atoms with Gasteiger partial charge < -0.3 is 9.13 Å². The summed E-state index contributed by atoms with van der Waals surface area (Å²) in [6.45, 7) is 0. The van der Waals surface area contributed by atoms with Crippen molar-refractivity contribution < 1.29 is 0 Å². The maximum Gasteiger partial charge on any atom is 0.160 e. The fourth-order valence-electron chi connectivity index (χ4n) is 11.0. The SMILES string of the molecule is c1ccc(-c2cccc(-c3ccc(-c4cc(-c5cccc(-c6cccc(-n7c8ccccc8c8ccccc87)c6)c5)nc(-c5cccc(-c6cccc(-n7c8ccccc8c8ccccc87)c6)c5)n4)cc3)c2)cc1. The second-order valence-corrected chi connectivity index (χ2v) is 19.0. The van der Waals surface area contributed by atoms with Crippen LogP contribution in [0.15, 0.2) is 279 Å². The van der Waals surface area contributed by atoms with Crippen LogP contribution in [0.25, 0.3) is 133 Å². The summed E-state index contributed by atoms with van der Waals surface area (Å²) >= 11 is 0. The second kappa shape index (κ2) is 18.1. The third-order valence-electron chi connectivity index (χ3n) is 14.5. The van der Waals surface area contributed by atoms with E-state index in [1.807, 2.05) is 0 Å². The van der Waals surface area contributed by atoms with Crippen LogP contribution in [0.5, 0.6) is 0 Å². The Kier molecular flexibility index (Phi) is 10.5. The summed E-state index contributed by atoms with van der Waals surface area (Å²) in [7, 11) is 0. The van der Waals surface area contributed by atoms with Gasteiger partial charge in [-0.05, 0) is 117 Å². The van der Waals surface area contributed by atoms with Gasteiger partial charge in [0.2, 0.25) is 0 Å². The first kappa shape index (κ1) is 42.9. The van der Waals surface area contributed by atoms with E-state index in [1.54, 1.807) is 0 Å². The molecule has 346 valence electrons. The van der Waals surface area contributed by atoms with E-state index >= 15 is 0 Å². The molecule has 0 unspecified atom stereocenters. The van der Waals surface area contributed by atoms with Crippen LogP contribution in [0.2, 0.25) is 0 Å². The maximum atomic E-state index is 5.41. The van der Waals surface area contributed by atoms with Crippen molar-refractivity contribution in [2.24, 2.45) is 0 Å². The first-order valence-corrected chi connectivity index (χ1v) is 25.2. The van der Waals surface area contributed by atoms with Crippen molar-refractivity contribution in [2.45, 2.75) is 0 Å². The number of aromatic nitrogens is 4. The van der Waals surface area contributed by atoms with Crippen LogP contribution < -0.4 is 0 Å². The smallest absolute Gasteiger partial charge is 0.160 e. The van der Waals surface area contributed by atoms with E-state index in [1.165, 1.54) is 60.3 Å². The van der Waals surface area contributed by atoms with Gasteiger partial charge in [0.25, 0.3) is 0 Å². The first-order valence-electron chi connectivity index (χ1n) is 25.2. The molecule has 4 nitrogen and oxygen atoms in total. The zero-order valence-corrected chi connectivity index (χ0v) is 40.3. The molecule has 0 saturated heterocycles. The Labute approximate surface area is 429 Å². The highest BCUT2D eigenvalue weighted by Gasteiger charge is 2.17. The van der Waals surface area contributed by atoms with Crippen molar-refractivity contribution in [2.75, 3.05) is 0 Å². The largest absolute Gasteiger partial charge is 0.309 e. The van der Waals surface area contributed by atoms with E-state index < -0.39 is 0 Å². The molecule has 4 heteroatoms. The molecule has 0 radical (unpaired) electrons. The Bertz CT molecular complexity index is 4100. The summed E-state index contributed by atoms with van der Waals surface area (Å²) in [5, 5.41) is 4.98. The van der Waals surface area contributed by atoms with E-state index in [9.17, 15) is 0 Å². The number of hydrogen-bond donors (Lipinski definition) is 0. The number of rotatable bonds is 9. The van der Waals surface area contributed by atoms with Crippen molar-refractivity contribution >= 4 is 43.6 Å². The van der Waals surface area contributed by atoms with E-state index in [0.29, 0.717) is 5.82 Å². The maximum absolute atomic E-state index is 5.41.